The molecule has 32 heavy (non-hydrogen) atoms. The highest BCUT2D eigenvalue weighted by Gasteiger charge is 2.36. The number of fused-ring (bicyclic) bond motifs is 1. The van der Waals surface area contributed by atoms with Gasteiger partial charge in [0, 0.05) is 36.5 Å². The van der Waals surface area contributed by atoms with E-state index < -0.39 is 6.04 Å². The lowest BCUT2D eigenvalue weighted by Gasteiger charge is -2.40. The quantitative estimate of drug-likeness (QED) is 0.564. The molecule has 0 bridgehead atoms. The molecule has 2 aromatic heterocycles. The van der Waals surface area contributed by atoms with E-state index in [1.165, 1.54) is 17.7 Å². The number of hydrogen-bond acceptors (Lipinski definition) is 7. The van der Waals surface area contributed by atoms with Gasteiger partial charge in [0.05, 0.1) is 9.85 Å². The van der Waals surface area contributed by atoms with Crippen LogP contribution in [0.25, 0.3) is 10.9 Å². The van der Waals surface area contributed by atoms with Crippen molar-refractivity contribution < 1.29 is 14.3 Å². The number of hydrogen-bond donors (Lipinski definition) is 1. The number of nitrogens with two attached hydrogens (primary N) is 1. The maximum Gasteiger partial charge on any atom is 0.261 e. The van der Waals surface area contributed by atoms with Crippen molar-refractivity contribution in [1.29, 1.82) is 0 Å². The number of nitrogens with zero attached hydrogens (tertiary/aromatic N) is 4. The lowest BCUT2D eigenvalue weighted by molar-refractivity contribution is -0.153. The van der Waals surface area contributed by atoms with Crippen LogP contribution in [0.3, 0.4) is 0 Å². The Labute approximate surface area is 194 Å². The van der Waals surface area contributed by atoms with Crippen LogP contribution in [0.4, 0.5) is 5.82 Å². The number of amides is 2. The molecule has 1 unspecified atom stereocenters. The summed E-state index contributed by atoms with van der Waals surface area (Å²) < 4.78 is 6.16. The maximum atomic E-state index is 13.3. The summed E-state index contributed by atoms with van der Waals surface area (Å²) >= 11 is 7.25. The normalized spacial score (nSPS) is 16.6. The molecule has 1 saturated heterocycles. The van der Waals surface area contributed by atoms with E-state index in [-0.39, 0.29) is 18.4 Å². The van der Waals surface area contributed by atoms with E-state index in [4.69, 9.17) is 22.1 Å². The summed E-state index contributed by atoms with van der Waals surface area (Å²) in [7, 11) is 0. The number of carbonyl (C=O) groups excluding carboxylic acids is 2. The molecule has 0 aliphatic carbocycles. The van der Waals surface area contributed by atoms with E-state index in [2.05, 4.69) is 9.97 Å². The minimum atomic E-state index is -0.491. The average molecular weight is 474 g/mol. The molecular formula is C22H24ClN5O3S. The summed E-state index contributed by atoms with van der Waals surface area (Å²) in [5.74, 6) is 0.745. The zero-order valence-electron chi connectivity index (χ0n) is 17.7. The average Bonchev–Trinajstić information content (AvgIpc) is 3.20. The van der Waals surface area contributed by atoms with Gasteiger partial charge in [-0.1, -0.05) is 31.0 Å². The Balaban J connectivity index is 1.44. The molecule has 1 atom stereocenters. The van der Waals surface area contributed by atoms with Crippen LogP contribution in [0.15, 0.2) is 36.0 Å². The lowest BCUT2D eigenvalue weighted by Crippen LogP contribution is -2.59. The van der Waals surface area contributed by atoms with Crippen LogP contribution in [0.1, 0.15) is 25.3 Å². The van der Waals surface area contributed by atoms with Gasteiger partial charge in [-0.2, -0.15) is 0 Å². The summed E-state index contributed by atoms with van der Waals surface area (Å²) in [4.78, 5) is 37.8. The molecule has 4 rings (SSSR count). The minimum absolute atomic E-state index is 0.0488. The van der Waals surface area contributed by atoms with Crippen molar-refractivity contribution in [2.75, 3.05) is 25.4 Å². The third kappa shape index (κ3) is 4.78. The van der Waals surface area contributed by atoms with Gasteiger partial charge in [-0.05, 0) is 24.1 Å². The van der Waals surface area contributed by atoms with E-state index in [0.29, 0.717) is 42.0 Å². The van der Waals surface area contributed by atoms with Crippen molar-refractivity contribution in [3.63, 3.8) is 0 Å². The first-order valence-electron chi connectivity index (χ1n) is 10.4. The molecule has 1 aromatic carbocycles. The fourth-order valence-corrected chi connectivity index (χ4v) is 4.68. The van der Waals surface area contributed by atoms with Gasteiger partial charge >= 0.3 is 0 Å². The summed E-state index contributed by atoms with van der Waals surface area (Å²) in [6.07, 6.45) is 2.83. The second-order valence-electron chi connectivity index (χ2n) is 7.64. The molecule has 1 fully saturated rings. The Morgan fingerprint density at radius 2 is 2.16 bits per heavy atom. The standard InChI is InChI=1S/C22H24ClN5O3S/c1-2-3-18-22(30)27(10-14-4-5-16-17(8-14)25-13-26-21(16)24)6-7-28(18)20(29)11-31-15-9-19(23)32-12-15/h4-5,8-9,12-13,18H,2-3,6-7,10-11H2,1H3,(H2,24,25,26). The predicted octanol–water partition coefficient (Wildman–Crippen LogP) is 3.35. The predicted molar refractivity (Wildman–Crippen MR) is 125 cm³/mol. The van der Waals surface area contributed by atoms with Gasteiger partial charge in [0.2, 0.25) is 5.91 Å². The van der Waals surface area contributed by atoms with E-state index in [1.807, 2.05) is 25.1 Å². The van der Waals surface area contributed by atoms with E-state index in [1.54, 1.807) is 21.2 Å². The Bertz CT molecular complexity index is 1140. The Morgan fingerprint density at radius 1 is 1.31 bits per heavy atom. The first-order valence-corrected chi connectivity index (χ1v) is 11.7. The van der Waals surface area contributed by atoms with Gasteiger partial charge in [0.15, 0.2) is 6.61 Å². The molecule has 2 amide bonds. The molecule has 0 spiro atoms. The number of anilines is 1. The monoisotopic (exact) mass is 473 g/mol. The second-order valence-corrected chi connectivity index (χ2v) is 9.18. The SMILES string of the molecule is CCCC1C(=O)N(Cc2ccc3c(N)ncnc3c2)CCN1C(=O)COc1csc(Cl)c1. The number of thiophene rings is 1. The van der Waals surface area contributed by atoms with Gasteiger partial charge in [-0.15, -0.1) is 11.3 Å². The molecular weight excluding hydrogens is 450 g/mol. The molecule has 1 aliphatic heterocycles. The summed E-state index contributed by atoms with van der Waals surface area (Å²) in [6.45, 7) is 3.26. The van der Waals surface area contributed by atoms with Gasteiger partial charge in [-0.3, -0.25) is 9.59 Å². The molecule has 3 aromatic rings. The van der Waals surface area contributed by atoms with E-state index >= 15 is 0 Å². The van der Waals surface area contributed by atoms with E-state index in [9.17, 15) is 9.59 Å². The summed E-state index contributed by atoms with van der Waals surface area (Å²) in [5.41, 5.74) is 7.60. The van der Waals surface area contributed by atoms with Crippen LogP contribution in [0.5, 0.6) is 5.75 Å². The zero-order chi connectivity index (χ0) is 22.7. The molecule has 168 valence electrons. The molecule has 10 heteroatoms. The Morgan fingerprint density at radius 3 is 2.91 bits per heavy atom. The van der Waals surface area contributed by atoms with Crippen LogP contribution in [0, 0.1) is 0 Å². The van der Waals surface area contributed by atoms with E-state index in [0.717, 1.165) is 22.9 Å². The number of ether oxygens (including phenoxy) is 1. The first kappa shape index (κ1) is 22.3. The number of halogens is 1. The summed E-state index contributed by atoms with van der Waals surface area (Å²) in [6, 6.07) is 6.92. The summed E-state index contributed by atoms with van der Waals surface area (Å²) in [5, 5.41) is 2.54. The fourth-order valence-electron chi connectivity index (χ4n) is 3.89. The zero-order valence-corrected chi connectivity index (χ0v) is 19.2. The third-order valence-electron chi connectivity index (χ3n) is 5.48. The smallest absolute Gasteiger partial charge is 0.261 e. The van der Waals surface area contributed by atoms with Crippen LogP contribution in [-0.4, -0.2) is 57.3 Å². The molecule has 0 saturated carbocycles. The van der Waals surface area contributed by atoms with Gasteiger partial charge in [0.1, 0.15) is 23.9 Å². The second kappa shape index (κ2) is 9.70. The largest absolute Gasteiger partial charge is 0.483 e. The molecule has 8 nitrogen and oxygen atoms in total. The maximum absolute atomic E-state index is 13.3. The topological polar surface area (TPSA) is 102 Å². The molecule has 1 aliphatic rings. The molecule has 2 N–H and O–H groups in total. The number of piperazine rings is 1. The number of nitrogen functional groups attached to an aromatic ring is 1. The highest BCUT2D eigenvalue weighted by Crippen LogP contribution is 2.26. The van der Waals surface area contributed by atoms with Crippen LogP contribution >= 0.6 is 22.9 Å². The molecule has 3 heterocycles. The highest BCUT2D eigenvalue weighted by atomic mass is 35.5. The first-order chi connectivity index (χ1) is 15.5. The number of rotatable bonds is 7. The van der Waals surface area contributed by atoms with Crippen molar-refractivity contribution >= 4 is 51.5 Å². The van der Waals surface area contributed by atoms with Crippen LogP contribution < -0.4 is 10.5 Å². The van der Waals surface area contributed by atoms with Gasteiger partial charge in [0.25, 0.3) is 5.91 Å². The highest BCUT2D eigenvalue weighted by molar-refractivity contribution is 7.14. The number of aromatic nitrogens is 2. The minimum Gasteiger partial charge on any atom is -0.483 e. The van der Waals surface area contributed by atoms with Crippen LogP contribution in [0.2, 0.25) is 4.34 Å². The van der Waals surface area contributed by atoms with Crippen molar-refractivity contribution in [2.45, 2.75) is 32.4 Å². The van der Waals surface area contributed by atoms with Gasteiger partial charge < -0.3 is 20.3 Å². The van der Waals surface area contributed by atoms with Crippen molar-refractivity contribution in [3.8, 4) is 5.75 Å². The van der Waals surface area contributed by atoms with Gasteiger partial charge in [-0.25, -0.2) is 9.97 Å². The fraction of sp³-hybridized carbons (Fsp3) is 0.364. The van der Waals surface area contributed by atoms with Crippen LogP contribution in [-0.2, 0) is 16.1 Å². The Hall–Kier alpha value is -2.91. The van der Waals surface area contributed by atoms with Crippen molar-refractivity contribution in [2.24, 2.45) is 0 Å². The van der Waals surface area contributed by atoms with Crippen molar-refractivity contribution in [3.05, 3.63) is 45.9 Å². The number of carbonyl (C=O) groups is 2. The Kier molecular flexibility index (Phi) is 6.76. The van der Waals surface area contributed by atoms with Crippen molar-refractivity contribution in [1.82, 2.24) is 19.8 Å². The third-order valence-corrected chi connectivity index (χ3v) is 6.55. The lowest BCUT2D eigenvalue weighted by atomic mass is 10.0. The molecule has 0 radical (unpaired) electrons. The number of benzene rings is 1.